The number of benzene rings is 2. The minimum Gasteiger partial charge on any atom is -0.326 e. The molecule has 0 radical (unpaired) electrons. The third-order valence-electron chi connectivity index (χ3n) is 2.58. The Morgan fingerprint density at radius 2 is 1.76 bits per heavy atom. The molecule has 0 bridgehead atoms. The third-order valence-corrected chi connectivity index (χ3v) is 3.97. The summed E-state index contributed by atoms with van der Waals surface area (Å²) in [6, 6.07) is 11.3. The molecular weight excluding hydrogens is 295 g/mol. The summed E-state index contributed by atoms with van der Waals surface area (Å²) in [6.45, 7) is 1.30. The van der Waals surface area contributed by atoms with Gasteiger partial charge in [-0.25, -0.2) is 12.8 Å². The largest absolute Gasteiger partial charge is 0.326 e. The molecule has 0 aliphatic carbocycles. The van der Waals surface area contributed by atoms with Gasteiger partial charge in [-0.1, -0.05) is 18.2 Å². The molecule has 2 aromatic carbocycles. The Bertz CT molecular complexity index is 761. The van der Waals surface area contributed by atoms with Gasteiger partial charge in [-0.3, -0.25) is 9.52 Å². The number of hydrogen-bond donors (Lipinski definition) is 2. The van der Waals surface area contributed by atoms with Crippen molar-refractivity contribution in [3.63, 3.8) is 0 Å². The van der Waals surface area contributed by atoms with E-state index in [1.807, 2.05) is 0 Å². The van der Waals surface area contributed by atoms with Crippen LogP contribution >= 0.6 is 0 Å². The number of carbonyl (C=O) groups excluding carboxylic acids is 1. The summed E-state index contributed by atoms with van der Waals surface area (Å²) in [4.78, 5) is 11.0. The molecule has 0 aliphatic heterocycles. The van der Waals surface area contributed by atoms with Crippen LogP contribution in [-0.2, 0) is 14.8 Å². The van der Waals surface area contributed by atoms with Crippen LogP contribution < -0.4 is 10.0 Å². The molecule has 7 heteroatoms. The van der Waals surface area contributed by atoms with Gasteiger partial charge in [-0.05, 0) is 30.3 Å². The first kappa shape index (κ1) is 15.0. The molecule has 0 saturated carbocycles. The number of sulfonamides is 1. The summed E-state index contributed by atoms with van der Waals surface area (Å²) in [6.07, 6.45) is 0. The van der Waals surface area contributed by atoms with E-state index < -0.39 is 15.8 Å². The van der Waals surface area contributed by atoms with Crippen molar-refractivity contribution in [3.8, 4) is 0 Å². The first-order valence-corrected chi connectivity index (χ1v) is 7.52. The molecule has 0 aromatic heterocycles. The van der Waals surface area contributed by atoms with E-state index >= 15 is 0 Å². The van der Waals surface area contributed by atoms with Crippen LogP contribution in [0.3, 0.4) is 0 Å². The van der Waals surface area contributed by atoms with Crippen molar-refractivity contribution in [1.82, 2.24) is 0 Å². The fraction of sp³-hybridized carbons (Fsp3) is 0.0714. The quantitative estimate of drug-likeness (QED) is 0.911. The van der Waals surface area contributed by atoms with Gasteiger partial charge in [-0.15, -0.1) is 0 Å². The molecule has 0 spiro atoms. The van der Waals surface area contributed by atoms with E-state index in [2.05, 4.69) is 10.0 Å². The molecule has 0 unspecified atom stereocenters. The standard InChI is InChI=1S/C14H13FN2O3S/c1-10(18)16-11-7-8-13(15)14(9-11)17-21(19,20)12-5-3-2-4-6-12/h2-9,17H,1H3,(H,16,18). The van der Waals surface area contributed by atoms with Crippen LogP contribution in [0.15, 0.2) is 53.4 Å². The number of nitrogens with one attached hydrogen (secondary N) is 2. The van der Waals surface area contributed by atoms with Gasteiger partial charge in [0.2, 0.25) is 5.91 Å². The molecule has 0 aliphatic rings. The molecule has 0 heterocycles. The highest BCUT2D eigenvalue weighted by molar-refractivity contribution is 7.92. The summed E-state index contributed by atoms with van der Waals surface area (Å²) in [5, 5.41) is 2.46. The Labute approximate surface area is 121 Å². The van der Waals surface area contributed by atoms with E-state index in [4.69, 9.17) is 0 Å². The highest BCUT2D eigenvalue weighted by atomic mass is 32.2. The summed E-state index contributed by atoms with van der Waals surface area (Å²) >= 11 is 0. The Morgan fingerprint density at radius 3 is 2.38 bits per heavy atom. The second-order valence-electron chi connectivity index (χ2n) is 4.29. The van der Waals surface area contributed by atoms with Crippen LogP contribution in [0.25, 0.3) is 0 Å². The van der Waals surface area contributed by atoms with Crippen molar-refractivity contribution >= 4 is 27.3 Å². The number of halogens is 1. The zero-order valence-electron chi connectivity index (χ0n) is 11.1. The predicted molar refractivity (Wildman–Crippen MR) is 78.0 cm³/mol. The summed E-state index contributed by atoms with van der Waals surface area (Å²) < 4.78 is 40.1. The SMILES string of the molecule is CC(=O)Nc1ccc(F)c(NS(=O)(=O)c2ccccc2)c1. The Balaban J connectivity index is 2.33. The molecule has 110 valence electrons. The first-order chi connectivity index (χ1) is 9.88. The lowest BCUT2D eigenvalue weighted by Crippen LogP contribution is -2.14. The lowest BCUT2D eigenvalue weighted by atomic mass is 10.2. The van der Waals surface area contributed by atoms with Gasteiger partial charge in [0, 0.05) is 12.6 Å². The van der Waals surface area contributed by atoms with Gasteiger partial charge < -0.3 is 5.32 Å². The number of anilines is 2. The average molecular weight is 308 g/mol. The maximum Gasteiger partial charge on any atom is 0.261 e. The molecule has 0 saturated heterocycles. The zero-order valence-corrected chi connectivity index (χ0v) is 11.9. The highest BCUT2D eigenvalue weighted by Gasteiger charge is 2.16. The van der Waals surface area contributed by atoms with Gasteiger partial charge in [0.15, 0.2) is 0 Å². The van der Waals surface area contributed by atoms with E-state index in [1.54, 1.807) is 18.2 Å². The maximum absolute atomic E-state index is 13.7. The van der Waals surface area contributed by atoms with Crippen molar-refractivity contribution in [2.75, 3.05) is 10.0 Å². The van der Waals surface area contributed by atoms with Crippen molar-refractivity contribution in [3.05, 3.63) is 54.3 Å². The van der Waals surface area contributed by atoms with Crippen LogP contribution in [0.4, 0.5) is 15.8 Å². The predicted octanol–water partition coefficient (Wildman–Crippen LogP) is 2.58. The fourth-order valence-electron chi connectivity index (χ4n) is 1.69. The lowest BCUT2D eigenvalue weighted by Gasteiger charge is -2.10. The molecule has 2 N–H and O–H groups in total. The fourth-order valence-corrected chi connectivity index (χ4v) is 2.77. The molecular formula is C14H13FN2O3S. The monoisotopic (exact) mass is 308 g/mol. The van der Waals surface area contributed by atoms with Crippen molar-refractivity contribution in [2.45, 2.75) is 11.8 Å². The molecule has 0 atom stereocenters. The molecule has 2 rings (SSSR count). The molecule has 5 nitrogen and oxygen atoms in total. The number of amides is 1. The maximum atomic E-state index is 13.7. The van der Waals surface area contributed by atoms with E-state index in [-0.39, 0.29) is 16.5 Å². The minimum atomic E-state index is -3.88. The third kappa shape index (κ3) is 3.79. The van der Waals surface area contributed by atoms with Gasteiger partial charge in [-0.2, -0.15) is 0 Å². The average Bonchev–Trinajstić information content (AvgIpc) is 2.43. The molecule has 0 fully saturated rings. The Morgan fingerprint density at radius 1 is 1.10 bits per heavy atom. The molecule has 1 amide bonds. The topological polar surface area (TPSA) is 75.3 Å². The summed E-state index contributed by atoms with van der Waals surface area (Å²) in [5.41, 5.74) is 0.0692. The summed E-state index contributed by atoms with van der Waals surface area (Å²) in [7, 11) is -3.88. The van der Waals surface area contributed by atoms with Gasteiger partial charge >= 0.3 is 0 Å². The van der Waals surface area contributed by atoms with Crippen molar-refractivity contribution < 1.29 is 17.6 Å². The molecule has 2 aromatic rings. The van der Waals surface area contributed by atoms with Crippen molar-refractivity contribution in [1.29, 1.82) is 0 Å². The second kappa shape index (κ2) is 5.92. The van der Waals surface area contributed by atoms with E-state index in [9.17, 15) is 17.6 Å². The number of hydrogen-bond acceptors (Lipinski definition) is 3. The first-order valence-electron chi connectivity index (χ1n) is 6.03. The van der Waals surface area contributed by atoms with Crippen LogP contribution in [0.1, 0.15) is 6.92 Å². The molecule has 21 heavy (non-hydrogen) atoms. The van der Waals surface area contributed by atoms with Gasteiger partial charge in [0.1, 0.15) is 5.82 Å². The second-order valence-corrected chi connectivity index (χ2v) is 5.98. The minimum absolute atomic E-state index is 0.0225. The number of carbonyl (C=O) groups is 1. The highest BCUT2D eigenvalue weighted by Crippen LogP contribution is 2.22. The lowest BCUT2D eigenvalue weighted by molar-refractivity contribution is -0.114. The summed E-state index contributed by atoms with van der Waals surface area (Å²) in [5.74, 6) is -1.07. The van der Waals surface area contributed by atoms with Gasteiger partial charge in [0.25, 0.3) is 10.0 Å². The Hall–Kier alpha value is -2.41. The Kier molecular flexibility index (Phi) is 4.23. The van der Waals surface area contributed by atoms with Crippen LogP contribution in [-0.4, -0.2) is 14.3 Å². The van der Waals surface area contributed by atoms with E-state index in [0.717, 1.165) is 6.07 Å². The van der Waals surface area contributed by atoms with Crippen LogP contribution in [0, 0.1) is 5.82 Å². The van der Waals surface area contributed by atoms with Crippen molar-refractivity contribution in [2.24, 2.45) is 0 Å². The van der Waals surface area contributed by atoms with E-state index in [0.29, 0.717) is 5.69 Å². The van der Waals surface area contributed by atoms with E-state index in [1.165, 1.54) is 31.2 Å². The zero-order chi connectivity index (χ0) is 15.5. The van der Waals surface area contributed by atoms with Crippen LogP contribution in [0.5, 0.6) is 0 Å². The van der Waals surface area contributed by atoms with Crippen LogP contribution in [0.2, 0.25) is 0 Å². The normalized spacial score (nSPS) is 11.0. The number of rotatable bonds is 4. The van der Waals surface area contributed by atoms with Gasteiger partial charge in [0.05, 0.1) is 10.6 Å². The smallest absolute Gasteiger partial charge is 0.261 e.